The molecule has 8 nitrogen and oxygen atoms in total. The first kappa shape index (κ1) is 20.2. The van der Waals surface area contributed by atoms with Gasteiger partial charge >= 0.3 is 11.9 Å². The van der Waals surface area contributed by atoms with Crippen molar-refractivity contribution in [1.82, 2.24) is 5.06 Å². The molecular formula is C22H23NO7. The van der Waals surface area contributed by atoms with Gasteiger partial charge in [0.1, 0.15) is 6.10 Å². The van der Waals surface area contributed by atoms with E-state index in [1.165, 1.54) is 19.3 Å². The van der Waals surface area contributed by atoms with Gasteiger partial charge in [0.05, 0.1) is 20.3 Å². The Kier molecular flexibility index (Phi) is 5.36. The van der Waals surface area contributed by atoms with Gasteiger partial charge < -0.3 is 18.9 Å². The number of benzene rings is 2. The lowest BCUT2D eigenvalue weighted by Crippen LogP contribution is -2.55. The van der Waals surface area contributed by atoms with Gasteiger partial charge in [-0.25, -0.2) is 0 Å². The minimum absolute atomic E-state index is 0.0376. The second-order valence-electron chi connectivity index (χ2n) is 7.22. The summed E-state index contributed by atoms with van der Waals surface area (Å²) < 4.78 is 21.0. The average molecular weight is 413 g/mol. The highest BCUT2D eigenvalue weighted by Crippen LogP contribution is 2.52. The summed E-state index contributed by atoms with van der Waals surface area (Å²) in [5, 5.41) is 1.53. The van der Waals surface area contributed by atoms with Crippen LogP contribution in [0.1, 0.15) is 29.7 Å². The maximum Gasteiger partial charge on any atom is 0.325 e. The van der Waals surface area contributed by atoms with Crippen molar-refractivity contribution in [2.45, 2.75) is 18.6 Å². The third-order valence-corrected chi connectivity index (χ3v) is 5.61. The molecule has 1 saturated heterocycles. The van der Waals surface area contributed by atoms with Gasteiger partial charge in [0, 0.05) is 13.5 Å². The Balaban J connectivity index is 1.81. The second kappa shape index (κ2) is 7.97. The van der Waals surface area contributed by atoms with Crippen LogP contribution in [0.3, 0.4) is 0 Å². The van der Waals surface area contributed by atoms with Crippen LogP contribution in [-0.2, 0) is 23.9 Å². The highest BCUT2D eigenvalue weighted by atomic mass is 16.7. The SMILES string of the molecule is COC(=O)C1(C(=O)OC)CC(c2ccc3c(c2)OCO3)ON(C)C1c1ccccc1. The zero-order valence-electron chi connectivity index (χ0n) is 17.0. The molecule has 0 bridgehead atoms. The number of nitrogens with zero attached hydrogens (tertiary/aromatic N) is 1. The quantitative estimate of drug-likeness (QED) is 0.559. The van der Waals surface area contributed by atoms with Gasteiger partial charge in [0.15, 0.2) is 16.9 Å². The molecule has 0 aromatic heterocycles. The Morgan fingerprint density at radius 3 is 2.30 bits per heavy atom. The largest absolute Gasteiger partial charge is 0.468 e. The molecule has 0 radical (unpaired) electrons. The first-order valence-corrected chi connectivity index (χ1v) is 9.52. The molecule has 0 saturated carbocycles. The van der Waals surface area contributed by atoms with Gasteiger partial charge in [-0.15, -0.1) is 0 Å². The lowest BCUT2D eigenvalue weighted by Gasteiger charge is -2.47. The lowest BCUT2D eigenvalue weighted by molar-refractivity contribution is -0.277. The fourth-order valence-corrected chi connectivity index (χ4v) is 4.27. The monoisotopic (exact) mass is 413 g/mol. The summed E-state index contributed by atoms with van der Waals surface area (Å²) in [7, 11) is 4.22. The molecule has 2 atom stereocenters. The van der Waals surface area contributed by atoms with E-state index in [-0.39, 0.29) is 13.2 Å². The number of carbonyl (C=O) groups excluding carboxylic acids is 2. The van der Waals surface area contributed by atoms with Crippen molar-refractivity contribution in [2.75, 3.05) is 28.1 Å². The van der Waals surface area contributed by atoms with E-state index in [0.29, 0.717) is 11.5 Å². The molecule has 1 fully saturated rings. The predicted molar refractivity (Wildman–Crippen MR) is 104 cm³/mol. The van der Waals surface area contributed by atoms with Crippen molar-refractivity contribution in [1.29, 1.82) is 0 Å². The number of ether oxygens (including phenoxy) is 4. The van der Waals surface area contributed by atoms with E-state index < -0.39 is 29.5 Å². The van der Waals surface area contributed by atoms with Crippen LogP contribution in [0.15, 0.2) is 48.5 Å². The van der Waals surface area contributed by atoms with E-state index in [9.17, 15) is 9.59 Å². The van der Waals surface area contributed by atoms with E-state index in [1.807, 2.05) is 36.4 Å². The van der Waals surface area contributed by atoms with Crippen LogP contribution in [0.25, 0.3) is 0 Å². The van der Waals surface area contributed by atoms with Crippen molar-refractivity contribution in [3.8, 4) is 11.5 Å². The Morgan fingerprint density at radius 1 is 0.967 bits per heavy atom. The number of fused-ring (bicyclic) bond motifs is 1. The normalized spacial score (nSPS) is 22.4. The maximum absolute atomic E-state index is 13.1. The molecule has 30 heavy (non-hydrogen) atoms. The Hall–Kier alpha value is -3.10. The summed E-state index contributed by atoms with van der Waals surface area (Å²) in [6.45, 7) is 0.147. The number of hydrogen-bond acceptors (Lipinski definition) is 8. The molecule has 0 spiro atoms. The summed E-state index contributed by atoms with van der Waals surface area (Å²) in [6.07, 6.45) is -0.571. The van der Waals surface area contributed by atoms with Crippen LogP contribution in [0, 0.1) is 5.41 Å². The van der Waals surface area contributed by atoms with Gasteiger partial charge in [0.2, 0.25) is 6.79 Å². The standard InChI is InChI=1S/C22H23NO7/c1-23-19(14-7-5-4-6-8-14)22(20(24)26-2,21(25)27-3)12-18(30-23)15-9-10-16-17(11-15)29-13-28-16/h4-11,18-19H,12-13H2,1-3H3. The highest BCUT2D eigenvalue weighted by Gasteiger charge is 2.61. The van der Waals surface area contributed by atoms with Gasteiger partial charge in [-0.3, -0.25) is 14.4 Å². The minimum atomic E-state index is -1.63. The molecule has 2 unspecified atom stereocenters. The first-order valence-electron chi connectivity index (χ1n) is 9.52. The van der Waals surface area contributed by atoms with Crippen LogP contribution in [0.2, 0.25) is 0 Å². The zero-order chi connectivity index (χ0) is 21.3. The van der Waals surface area contributed by atoms with E-state index in [0.717, 1.165) is 11.1 Å². The topological polar surface area (TPSA) is 83.5 Å². The van der Waals surface area contributed by atoms with Crippen molar-refractivity contribution >= 4 is 11.9 Å². The van der Waals surface area contributed by atoms with Crippen LogP contribution in [0.5, 0.6) is 11.5 Å². The van der Waals surface area contributed by atoms with Crippen molar-refractivity contribution in [3.05, 3.63) is 59.7 Å². The molecular weight excluding hydrogens is 390 g/mol. The van der Waals surface area contributed by atoms with Crippen LogP contribution in [-0.4, -0.2) is 45.1 Å². The Labute approximate surface area is 174 Å². The lowest BCUT2D eigenvalue weighted by atomic mass is 9.70. The number of rotatable bonds is 4. The molecule has 2 aromatic rings. The van der Waals surface area contributed by atoms with Crippen molar-refractivity contribution in [2.24, 2.45) is 5.41 Å². The van der Waals surface area contributed by atoms with Gasteiger partial charge in [-0.1, -0.05) is 36.4 Å². The molecule has 0 aliphatic carbocycles. The molecule has 0 amide bonds. The van der Waals surface area contributed by atoms with E-state index >= 15 is 0 Å². The fraction of sp³-hybridized carbons (Fsp3) is 0.364. The third kappa shape index (κ3) is 3.18. The number of carbonyl (C=O) groups is 2. The predicted octanol–water partition coefficient (Wildman–Crippen LogP) is 2.80. The van der Waals surface area contributed by atoms with E-state index in [2.05, 4.69) is 0 Å². The zero-order valence-corrected chi connectivity index (χ0v) is 17.0. The Bertz CT molecular complexity index is 930. The summed E-state index contributed by atoms with van der Waals surface area (Å²) in [5.74, 6) is -0.129. The van der Waals surface area contributed by atoms with Crippen LogP contribution in [0.4, 0.5) is 0 Å². The maximum atomic E-state index is 13.1. The summed E-state index contributed by atoms with van der Waals surface area (Å²) in [5.41, 5.74) is -0.145. The Morgan fingerprint density at radius 2 is 1.63 bits per heavy atom. The van der Waals surface area contributed by atoms with Gasteiger partial charge in [0.25, 0.3) is 0 Å². The molecule has 4 rings (SSSR count). The number of hydrogen-bond donors (Lipinski definition) is 0. The number of methoxy groups -OCH3 is 2. The first-order chi connectivity index (χ1) is 14.5. The van der Waals surface area contributed by atoms with E-state index in [4.69, 9.17) is 23.8 Å². The molecule has 2 aliphatic rings. The molecule has 2 aliphatic heterocycles. The summed E-state index contributed by atoms with van der Waals surface area (Å²) >= 11 is 0. The van der Waals surface area contributed by atoms with Crippen molar-refractivity contribution in [3.63, 3.8) is 0 Å². The van der Waals surface area contributed by atoms with Gasteiger partial charge in [-0.2, -0.15) is 5.06 Å². The molecule has 158 valence electrons. The molecule has 2 heterocycles. The number of hydroxylamine groups is 2. The smallest absolute Gasteiger partial charge is 0.325 e. The van der Waals surface area contributed by atoms with Crippen LogP contribution < -0.4 is 9.47 Å². The van der Waals surface area contributed by atoms with Gasteiger partial charge in [-0.05, 0) is 23.3 Å². The van der Waals surface area contributed by atoms with Crippen molar-refractivity contribution < 1.29 is 33.4 Å². The molecule has 2 aromatic carbocycles. The minimum Gasteiger partial charge on any atom is -0.468 e. The highest BCUT2D eigenvalue weighted by molar-refractivity contribution is 6.01. The average Bonchev–Trinajstić information content (AvgIpc) is 3.25. The fourth-order valence-electron chi connectivity index (χ4n) is 4.27. The molecule has 8 heteroatoms. The summed E-state index contributed by atoms with van der Waals surface area (Å²) in [4.78, 5) is 32.4. The summed E-state index contributed by atoms with van der Waals surface area (Å²) in [6, 6.07) is 13.9. The third-order valence-electron chi connectivity index (χ3n) is 5.61. The molecule has 0 N–H and O–H groups in total. The second-order valence-corrected chi connectivity index (χ2v) is 7.22. The number of esters is 2. The van der Waals surface area contributed by atoms with E-state index in [1.54, 1.807) is 19.2 Å². The van der Waals surface area contributed by atoms with Crippen LogP contribution >= 0.6 is 0 Å².